The van der Waals surface area contributed by atoms with E-state index in [2.05, 4.69) is 64.1 Å². The topological polar surface area (TPSA) is 9.23 Å². The summed E-state index contributed by atoms with van der Waals surface area (Å²) in [7, 11) is 1.72. The molecule has 0 aliphatic heterocycles. The highest BCUT2D eigenvalue weighted by Gasteiger charge is 2.15. The maximum absolute atomic E-state index is 5.38. The summed E-state index contributed by atoms with van der Waals surface area (Å²) in [5.41, 5.74) is 5.43. The zero-order chi connectivity index (χ0) is 14.7. The largest absolute Gasteiger partial charge is 0.497 e. The van der Waals surface area contributed by atoms with Crippen LogP contribution >= 0.6 is 0 Å². The zero-order valence-electron chi connectivity index (χ0n) is 13.1. The molecule has 0 aliphatic carbocycles. The van der Waals surface area contributed by atoms with E-state index < -0.39 is 0 Å². The Hall–Kier alpha value is -1.76. The molecule has 2 rings (SSSR count). The van der Waals surface area contributed by atoms with Crippen LogP contribution in [0.2, 0.25) is 0 Å². The van der Waals surface area contributed by atoms with Crippen molar-refractivity contribution >= 4 is 0 Å². The molecule has 0 heterocycles. The molecule has 0 N–H and O–H groups in total. The SMILES string of the molecule is COc1cccc(-c2c(C(C)C)cccc2C(C)C)c1. The second kappa shape index (κ2) is 6.13. The molecule has 0 amide bonds. The predicted molar refractivity (Wildman–Crippen MR) is 86.6 cm³/mol. The van der Waals surface area contributed by atoms with Gasteiger partial charge in [0.2, 0.25) is 0 Å². The third kappa shape index (κ3) is 2.87. The van der Waals surface area contributed by atoms with Crippen molar-refractivity contribution in [2.75, 3.05) is 7.11 Å². The maximum atomic E-state index is 5.38. The number of hydrogen-bond donors (Lipinski definition) is 0. The van der Waals surface area contributed by atoms with Gasteiger partial charge in [-0.25, -0.2) is 0 Å². The van der Waals surface area contributed by atoms with Crippen LogP contribution in [0.5, 0.6) is 5.75 Å². The lowest BCUT2D eigenvalue weighted by molar-refractivity contribution is 0.415. The quantitative estimate of drug-likeness (QED) is 0.700. The molecular weight excluding hydrogens is 244 g/mol. The fourth-order valence-electron chi connectivity index (χ4n) is 2.66. The Labute approximate surface area is 122 Å². The van der Waals surface area contributed by atoms with Crippen LogP contribution < -0.4 is 4.74 Å². The second-order valence-corrected chi connectivity index (χ2v) is 5.85. The number of hydrogen-bond acceptors (Lipinski definition) is 1. The lowest BCUT2D eigenvalue weighted by Crippen LogP contribution is -1.99. The van der Waals surface area contributed by atoms with Crippen LogP contribution in [-0.2, 0) is 0 Å². The summed E-state index contributed by atoms with van der Waals surface area (Å²) >= 11 is 0. The Kier molecular flexibility index (Phi) is 4.49. The summed E-state index contributed by atoms with van der Waals surface area (Å²) in [5, 5.41) is 0. The zero-order valence-corrected chi connectivity index (χ0v) is 13.1. The first-order valence-corrected chi connectivity index (χ1v) is 7.31. The highest BCUT2D eigenvalue weighted by atomic mass is 16.5. The van der Waals surface area contributed by atoms with E-state index in [1.807, 2.05) is 6.07 Å². The highest BCUT2D eigenvalue weighted by Crippen LogP contribution is 2.37. The molecule has 1 heteroatoms. The minimum absolute atomic E-state index is 0.509. The molecule has 0 spiro atoms. The molecule has 2 aromatic carbocycles. The van der Waals surface area contributed by atoms with Crippen LogP contribution in [0.1, 0.15) is 50.7 Å². The molecule has 0 bridgehead atoms. The first-order valence-electron chi connectivity index (χ1n) is 7.31. The lowest BCUT2D eigenvalue weighted by Gasteiger charge is -2.20. The van der Waals surface area contributed by atoms with Gasteiger partial charge in [0.25, 0.3) is 0 Å². The predicted octanol–water partition coefficient (Wildman–Crippen LogP) is 5.61. The van der Waals surface area contributed by atoms with Gasteiger partial charge in [0.15, 0.2) is 0 Å². The molecule has 0 radical (unpaired) electrons. The highest BCUT2D eigenvalue weighted by molar-refractivity contribution is 5.73. The summed E-state index contributed by atoms with van der Waals surface area (Å²) in [6.07, 6.45) is 0. The van der Waals surface area contributed by atoms with Crippen LogP contribution in [0.4, 0.5) is 0 Å². The Morgan fingerprint density at radius 2 is 1.35 bits per heavy atom. The lowest BCUT2D eigenvalue weighted by atomic mass is 9.85. The van der Waals surface area contributed by atoms with Crippen LogP contribution in [0.15, 0.2) is 42.5 Å². The van der Waals surface area contributed by atoms with Gasteiger partial charge in [0.05, 0.1) is 7.11 Å². The maximum Gasteiger partial charge on any atom is 0.119 e. The van der Waals surface area contributed by atoms with E-state index in [1.165, 1.54) is 22.3 Å². The van der Waals surface area contributed by atoms with Gasteiger partial charge in [-0.15, -0.1) is 0 Å². The molecule has 0 aromatic heterocycles. The average Bonchev–Trinajstić information content (AvgIpc) is 2.46. The van der Waals surface area contributed by atoms with Gasteiger partial charge in [-0.2, -0.15) is 0 Å². The van der Waals surface area contributed by atoms with Crippen molar-refractivity contribution in [1.29, 1.82) is 0 Å². The van der Waals surface area contributed by atoms with Crippen molar-refractivity contribution in [2.45, 2.75) is 39.5 Å². The van der Waals surface area contributed by atoms with E-state index in [9.17, 15) is 0 Å². The normalized spacial score (nSPS) is 11.2. The van der Waals surface area contributed by atoms with Crippen LogP contribution in [-0.4, -0.2) is 7.11 Å². The average molecular weight is 268 g/mol. The van der Waals surface area contributed by atoms with Gasteiger partial charge < -0.3 is 4.74 Å². The standard InChI is InChI=1S/C19H24O/c1-13(2)17-10-7-11-18(14(3)4)19(17)15-8-6-9-16(12-15)20-5/h6-14H,1-5H3. The smallest absolute Gasteiger partial charge is 0.119 e. The third-order valence-corrected chi connectivity index (χ3v) is 3.73. The number of benzene rings is 2. The van der Waals surface area contributed by atoms with Gasteiger partial charge in [-0.3, -0.25) is 0 Å². The summed E-state index contributed by atoms with van der Waals surface area (Å²) in [4.78, 5) is 0. The summed E-state index contributed by atoms with van der Waals surface area (Å²) in [6, 6.07) is 15.0. The molecule has 0 atom stereocenters. The van der Waals surface area contributed by atoms with Crippen molar-refractivity contribution < 1.29 is 4.74 Å². The molecule has 0 saturated heterocycles. The van der Waals surface area contributed by atoms with E-state index in [4.69, 9.17) is 4.74 Å². The third-order valence-electron chi connectivity index (χ3n) is 3.73. The fraction of sp³-hybridized carbons (Fsp3) is 0.368. The van der Waals surface area contributed by atoms with Gasteiger partial charge in [0, 0.05) is 0 Å². The molecule has 106 valence electrons. The minimum atomic E-state index is 0.509. The van der Waals surface area contributed by atoms with Crippen molar-refractivity contribution in [3.63, 3.8) is 0 Å². The second-order valence-electron chi connectivity index (χ2n) is 5.85. The van der Waals surface area contributed by atoms with Gasteiger partial charge in [-0.1, -0.05) is 58.0 Å². The summed E-state index contributed by atoms with van der Waals surface area (Å²) < 4.78 is 5.38. The van der Waals surface area contributed by atoms with Crippen molar-refractivity contribution in [2.24, 2.45) is 0 Å². The van der Waals surface area contributed by atoms with E-state index in [0.717, 1.165) is 5.75 Å². The van der Waals surface area contributed by atoms with Crippen molar-refractivity contribution in [3.8, 4) is 16.9 Å². The minimum Gasteiger partial charge on any atom is -0.497 e. The number of ether oxygens (including phenoxy) is 1. The Balaban J connectivity index is 2.69. The first kappa shape index (κ1) is 14.6. The van der Waals surface area contributed by atoms with Crippen LogP contribution in [0, 0.1) is 0 Å². The number of methoxy groups -OCH3 is 1. The summed E-state index contributed by atoms with van der Waals surface area (Å²) in [5.74, 6) is 1.93. The van der Waals surface area contributed by atoms with Crippen molar-refractivity contribution in [3.05, 3.63) is 53.6 Å². The van der Waals surface area contributed by atoms with Crippen LogP contribution in [0.3, 0.4) is 0 Å². The molecule has 1 nitrogen and oxygen atoms in total. The molecule has 0 fully saturated rings. The Morgan fingerprint density at radius 1 is 0.800 bits per heavy atom. The first-order chi connectivity index (χ1) is 9.54. The molecular formula is C19H24O. The van der Waals surface area contributed by atoms with Gasteiger partial charge >= 0.3 is 0 Å². The fourth-order valence-corrected chi connectivity index (χ4v) is 2.66. The Morgan fingerprint density at radius 3 is 1.85 bits per heavy atom. The molecule has 2 aromatic rings. The monoisotopic (exact) mass is 268 g/mol. The van der Waals surface area contributed by atoms with Crippen LogP contribution in [0.25, 0.3) is 11.1 Å². The van der Waals surface area contributed by atoms with E-state index in [-0.39, 0.29) is 0 Å². The van der Waals surface area contributed by atoms with E-state index in [1.54, 1.807) is 7.11 Å². The number of rotatable bonds is 4. The van der Waals surface area contributed by atoms with Gasteiger partial charge in [0.1, 0.15) is 5.75 Å². The van der Waals surface area contributed by atoms with E-state index in [0.29, 0.717) is 11.8 Å². The molecule has 0 aliphatic rings. The van der Waals surface area contributed by atoms with E-state index >= 15 is 0 Å². The molecule has 20 heavy (non-hydrogen) atoms. The Bertz CT molecular complexity index is 556. The molecule has 0 unspecified atom stereocenters. The van der Waals surface area contributed by atoms with Gasteiger partial charge in [-0.05, 0) is 46.2 Å². The molecule has 0 saturated carbocycles. The summed E-state index contributed by atoms with van der Waals surface area (Å²) in [6.45, 7) is 9.01. The van der Waals surface area contributed by atoms with Crippen molar-refractivity contribution in [1.82, 2.24) is 0 Å².